The molecule has 0 aliphatic heterocycles. The minimum atomic E-state index is -0.661. The van der Waals surface area contributed by atoms with Crippen LogP contribution in [-0.2, 0) is 0 Å². The number of benzene rings is 8. The second-order valence-corrected chi connectivity index (χ2v) is 13.1. The van der Waals surface area contributed by atoms with Crippen LogP contribution in [0, 0.1) is 0 Å². The Kier molecular flexibility index (Phi) is 4.96. The number of fused-ring (bicyclic) bond motifs is 7. The van der Waals surface area contributed by atoms with E-state index >= 15 is 0 Å². The van der Waals surface area contributed by atoms with E-state index in [4.69, 9.17) is 22.3 Å². The largest absolute Gasteiger partial charge is 0.307 e. The lowest BCUT2D eigenvalue weighted by molar-refractivity contribution is 0.953. The zero-order valence-electron chi connectivity index (χ0n) is 42.3. The van der Waals surface area contributed by atoms with E-state index in [1.165, 1.54) is 0 Å². The highest BCUT2D eigenvalue weighted by Crippen LogP contribution is 2.42. The molecule has 8 aromatic carbocycles. The molecule has 11 aromatic rings. The lowest BCUT2D eigenvalue weighted by atomic mass is 10.0. The van der Waals surface area contributed by atoms with Gasteiger partial charge in [-0.2, -0.15) is 9.97 Å². The highest BCUT2D eigenvalue weighted by atomic mass is 15.2. The lowest BCUT2D eigenvalue weighted by Crippen LogP contribution is -2.07. The first-order valence-electron chi connectivity index (χ1n) is 24.3. The van der Waals surface area contributed by atoms with E-state index in [1.54, 1.807) is 4.57 Å². The lowest BCUT2D eigenvalue weighted by Gasteiger charge is -2.14. The molecule has 0 saturated carbocycles. The summed E-state index contributed by atoms with van der Waals surface area (Å²) in [6.45, 7) is 0. The van der Waals surface area contributed by atoms with Gasteiger partial charge in [0.1, 0.15) is 0 Å². The van der Waals surface area contributed by atoms with E-state index < -0.39 is 101 Å². The standard InChI is InChI=1S/C51H33N5/c1-4-14-34(15-5-1)36-24-26-39(27-25-36)50-52-49(38-18-8-3-9-19-38)53-51(54-50)56-46-23-13-11-21-42(46)44-33-32-43-41-20-10-12-22-45(41)55(47(43)48(44)56)40-30-28-37(29-31-40)35-16-6-2-7-17-35/h1-33H/i1D,3D,4D,5D,8D,9D,14D,18D,19D,24D,25D,26D,27D. The Balaban J connectivity index is 1.26. The number of hydrogen-bond acceptors (Lipinski definition) is 3. The fraction of sp³-hybridized carbons (Fsp3) is 0. The van der Waals surface area contributed by atoms with Crippen molar-refractivity contribution in [3.05, 3.63) is 200 Å². The second kappa shape index (κ2) is 13.0. The topological polar surface area (TPSA) is 48.5 Å². The van der Waals surface area contributed by atoms with Crippen LogP contribution in [0.25, 0.3) is 100 Å². The number of hydrogen-bond donors (Lipinski definition) is 0. The molecule has 0 aliphatic rings. The van der Waals surface area contributed by atoms with Crippen molar-refractivity contribution < 1.29 is 17.8 Å². The van der Waals surface area contributed by atoms with Gasteiger partial charge in [0.2, 0.25) is 5.95 Å². The summed E-state index contributed by atoms with van der Waals surface area (Å²) >= 11 is 0. The third kappa shape index (κ3) is 5.21. The van der Waals surface area contributed by atoms with Crippen LogP contribution >= 0.6 is 0 Å². The normalized spacial score (nSPS) is 14.8. The van der Waals surface area contributed by atoms with Crippen LogP contribution in [0.2, 0.25) is 0 Å². The Labute approximate surface area is 341 Å². The molecule has 11 rings (SSSR count). The first-order valence-corrected chi connectivity index (χ1v) is 17.8. The van der Waals surface area contributed by atoms with E-state index in [9.17, 15) is 5.48 Å². The molecule has 0 amide bonds. The monoisotopic (exact) mass is 728 g/mol. The molecular weight excluding hydrogens is 683 g/mol. The molecule has 0 aliphatic carbocycles. The van der Waals surface area contributed by atoms with Gasteiger partial charge in [-0.15, -0.1) is 0 Å². The minimum absolute atomic E-state index is 0.130. The van der Waals surface area contributed by atoms with Crippen molar-refractivity contribution in [2.24, 2.45) is 0 Å². The Morgan fingerprint density at radius 2 is 0.857 bits per heavy atom. The Morgan fingerprint density at radius 1 is 0.339 bits per heavy atom. The summed E-state index contributed by atoms with van der Waals surface area (Å²) in [6.07, 6.45) is 0. The second-order valence-electron chi connectivity index (χ2n) is 13.1. The minimum Gasteiger partial charge on any atom is -0.307 e. The van der Waals surface area contributed by atoms with Crippen molar-refractivity contribution in [3.8, 4) is 56.7 Å². The third-order valence-electron chi connectivity index (χ3n) is 9.91. The number of para-hydroxylation sites is 2. The Bertz CT molecular complexity index is 3940. The zero-order valence-corrected chi connectivity index (χ0v) is 29.3. The Hall–Kier alpha value is -7.63. The molecule has 3 heterocycles. The quantitative estimate of drug-likeness (QED) is 0.171. The van der Waals surface area contributed by atoms with Crippen LogP contribution in [0.4, 0.5) is 0 Å². The van der Waals surface area contributed by atoms with Crippen molar-refractivity contribution in [3.63, 3.8) is 0 Å². The number of aromatic nitrogens is 5. The van der Waals surface area contributed by atoms with E-state index in [1.807, 2.05) is 97.1 Å². The van der Waals surface area contributed by atoms with Gasteiger partial charge in [-0.25, -0.2) is 4.98 Å². The van der Waals surface area contributed by atoms with E-state index in [-0.39, 0.29) is 17.1 Å². The van der Waals surface area contributed by atoms with Crippen molar-refractivity contribution >= 4 is 43.6 Å². The molecule has 5 heteroatoms. The molecule has 0 fully saturated rings. The third-order valence-corrected chi connectivity index (χ3v) is 9.91. The fourth-order valence-corrected chi connectivity index (χ4v) is 7.43. The number of rotatable bonds is 6. The Morgan fingerprint density at radius 3 is 1.54 bits per heavy atom. The van der Waals surface area contributed by atoms with Gasteiger partial charge in [0.25, 0.3) is 0 Å². The highest BCUT2D eigenvalue weighted by molar-refractivity contribution is 6.23. The van der Waals surface area contributed by atoms with Gasteiger partial charge in [0.15, 0.2) is 11.6 Å². The van der Waals surface area contributed by atoms with Gasteiger partial charge < -0.3 is 4.57 Å². The summed E-state index contributed by atoms with van der Waals surface area (Å²) in [5, 5.41) is 3.40. The molecule has 0 N–H and O–H groups in total. The maximum absolute atomic E-state index is 9.35. The van der Waals surface area contributed by atoms with Gasteiger partial charge in [-0.05, 0) is 46.5 Å². The van der Waals surface area contributed by atoms with Crippen LogP contribution in [-0.4, -0.2) is 24.1 Å². The van der Waals surface area contributed by atoms with Gasteiger partial charge >= 0.3 is 0 Å². The number of nitrogens with zero attached hydrogens (tertiary/aromatic N) is 5. The van der Waals surface area contributed by atoms with Crippen molar-refractivity contribution in [1.29, 1.82) is 0 Å². The molecule has 0 unspecified atom stereocenters. The highest BCUT2D eigenvalue weighted by Gasteiger charge is 2.23. The molecule has 0 saturated heterocycles. The summed E-state index contributed by atoms with van der Waals surface area (Å²) in [4.78, 5) is 14.4. The van der Waals surface area contributed by atoms with Crippen LogP contribution in [0.1, 0.15) is 17.8 Å². The van der Waals surface area contributed by atoms with Crippen LogP contribution in [0.3, 0.4) is 0 Å². The molecule has 262 valence electrons. The van der Waals surface area contributed by atoms with E-state index in [0.717, 1.165) is 55.5 Å². The summed E-state index contributed by atoms with van der Waals surface area (Å²) < 4.78 is 118. The van der Waals surface area contributed by atoms with E-state index in [2.05, 4.69) is 27.8 Å². The summed E-state index contributed by atoms with van der Waals surface area (Å²) in [6, 6.07) is 30.9. The maximum Gasteiger partial charge on any atom is 0.238 e. The SMILES string of the molecule is [2H]c1cc(-c2c([2H])c([2H])c(-c3nc(-c4c([2H])c([2H])c([2H])c([2H])c4[2H])nc(-n4c5ccccc5c5ccc6c7ccccc7n(-c7ccc(-c8ccccc8)cc7)c6c54)n3)c([2H])c2[2H])c([2H])c([2H])c1[2H]. The van der Waals surface area contributed by atoms with Crippen molar-refractivity contribution in [2.45, 2.75) is 0 Å². The summed E-state index contributed by atoms with van der Waals surface area (Å²) in [5.74, 6) is -0.953. The van der Waals surface area contributed by atoms with Crippen LogP contribution in [0.5, 0.6) is 0 Å². The van der Waals surface area contributed by atoms with Gasteiger partial charge in [-0.3, -0.25) is 4.57 Å². The van der Waals surface area contributed by atoms with Crippen LogP contribution in [0.15, 0.2) is 200 Å². The molecule has 0 radical (unpaired) electrons. The van der Waals surface area contributed by atoms with Crippen LogP contribution < -0.4 is 0 Å². The molecule has 0 atom stereocenters. The summed E-state index contributed by atoms with van der Waals surface area (Å²) in [7, 11) is 0. The molecule has 3 aromatic heterocycles. The molecule has 56 heavy (non-hydrogen) atoms. The first-order chi connectivity index (χ1) is 33.2. The fourth-order valence-electron chi connectivity index (χ4n) is 7.43. The first kappa shape index (κ1) is 21.3. The summed E-state index contributed by atoms with van der Waals surface area (Å²) in [5.41, 5.74) is 4.34. The van der Waals surface area contributed by atoms with Crippen molar-refractivity contribution in [1.82, 2.24) is 24.1 Å². The maximum atomic E-state index is 9.35. The molecular formula is C51H33N5. The van der Waals surface area contributed by atoms with Crippen molar-refractivity contribution in [2.75, 3.05) is 0 Å². The molecule has 0 spiro atoms. The average Bonchev–Trinajstić information content (AvgIpc) is 3.89. The van der Waals surface area contributed by atoms with Gasteiger partial charge in [0.05, 0.1) is 39.9 Å². The van der Waals surface area contributed by atoms with Gasteiger partial charge in [0, 0.05) is 38.4 Å². The predicted octanol–water partition coefficient (Wildman–Crippen LogP) is 12.7. The predicted molar refractivity (Wildman–Crippen MR) is 230 cm³/mol. The average molecular weight is 729 g/mol. The molecule has 0 bridgehead atoms. The molecule has 5 nitrogen and oxygen atoms in total. The van der Waals surface area contributed by atoms with Gasteiger partial charge in [-0.1, -0.05) is 176 Å². The van der Waals surface area contributed by atoms with E-state index in [0.29, 0.717) is 11.0 Å². The zero-order chi connectivity index (χ0) is 48.3. The smallest absolute Gasteiger partial charge is 0.238 e.